The van der Waals surface area contributed by atoms with Crippen LogP contribution >= 0.6 is 11.6 Å². The van der Waals surface area contributed by atoms with Crippen LogP contribution in [-0.4, -0.2) is 43.1 Å². The molecule has 10 nitrogen and oxygen atoms in total. The molecule has 196 valence electrons. The predicted octanol–water partition coefficient (Wildman–Crippen LogP) is 5.45. The summed E-state index contributed by atoms with van der Waals surface area (Å²) < 4.78 is 8.23. The minimum absolute atomic E-state index is 0.339. The van der Waals surface area contributed by atoms with Crippen LogP contribution in [0.5, 0.6) is 5.75 Å². The first-order chi connectivity index (χ1) is 18.4. The molecule has 0 saturated heterocycles. The van der Waals surface area contributed by atoms with Crippen LogP contribution in [0.4, 0.5) is 17.2 Å². The summed E-state index contributed by atoms with van der Waals surface area (Å²) in [4.78, 5) is 8.79. The van der Waals surface area contributed by atoms with Crippen molar-refractivity contribution in [3.8, 4) is 28.1 Å². The van der Waals surface area contributed by atoms with Crippen molar-refractivity contribution < 1.29 is 4.74 Å². The maximum atomic E-state index is 7.07. The van der Waals surface area contributed by atoms with Crippen LogP contribution in [-0.2, 0) is 0 Å². The lowest BCUT2D eigenvalue weighted by Gasteiger charge is -2.27. The normalized spacial score (nSPS) is 12.1. The van der Waals surface area contributed by atoms with Crippen molar-refractivity contribution >= 4 is 39.8 Å². The number of nitrogens with two attached hydrogens (primary N) is 2. The average Bonchev–Trinajstić information content (AvgIpc) is 3.57. The van der Waals surface area contributed by atoms with Crippen LogP contribution in [0.15, 0.2) is 43.0 Å². The Kier molecular flexibility index (Phi) is 6.81. The van der Waals surface area contributed by atoms with Crippen LogP contribution in [0.3, 0.4) is 0 Å². The van der Waals surface area contributed by atoms with E-state index in [1.807, 2.05) is 56.6 Å². The first-order valence-electron chi connectivity index (χ1n) is 12.4. The SMILES string of the molecule is CCNc1c(Cl)c(C)c(-c2ccc(N)cc2)c(OCC)c1C(C)n1nc(-c2cn[nH]c2)c2c(N)ncnc21. The van der Waals surface area contributed by atoms with Gasteiger partial charge in [-0.25, -0.2) is 14.6 Å². The number of nitrogen functional groups attached to an aromatic ring is 2. The third kappa shape index (κ3) is 4.16. The minimum atomic E-state index is -0.353. The fourth-order valence-electron chi connectivity index (χ4n) is 4.84. The number of hydrogen-bond donors (Lipinski definition) is 4. The molecule has 1 atom stereocenters. The molecule has 0 amide bonds. The number of aromatic nitrogens is 6. The van der Waals surface area contributed by atoms with Gasteiger partial charge in [0.2, 0.25) is 0 Å². The predicted molar refractivity (Wildman–Crippen MR) is 153 cm³/mol. The van der Waals surface area contributed by atoms with E-state index < -0.39 is 0 Å². The number of hydrogen-bond acceptors (Lipinski definition) is 8. The van der Waals surface area contributed by atoms with Gasteiger partial charge in [0.15, 0.2) is 5.65 Å². The number of rotatable bonds is 8. The smallest absolute Gasteiger partial charge is 0.164 e. The van der Waals surface area contributed by atoms with Gasteiger partial charge in [0.05, 0.1) is 34.9 Å². The van der Waals surface area contributed by atoms with Gasteiger partial charge in [-0.05, 0) is 51.0 Å². The van der Waals surface area contributed by atoms with E-state index in [9.17, 15) is 0 Å². The molecule has 0 aliphatic heterocycles. The molecule has 1 unspecified atom stereocenters. The van der Waals surface area contributed by atoms with Crippen LogP contribution in [0.2, 0.25) is 5.02 Å². The van der Waals surface area contributed by atoms with Crippen LogP contribution < -0.4 is 21.5 Å². The van der Waals surface area contributed by atoms with Crippen molar-refractivity contribution in [2.24, 2.45) is 0 Å². The third-order valence-electron chi connectivity index (χ3n) is 6.58. The van der Waals surface area contributed by atoms with Gasteiger partial charge in [-0.1, -0.05) is 23.7 Å². The second-order valence-corrected chi connectivity index (χ2v) is 9.31. The van der Waals surface area contributed by atoms with Crippen molar-refractivity contribution in [3.05, 3.63) is 59.1 Å². The fraction of sp³-hybridized carbons (Fsp3) is 0.259. The van der Waals surface area contributed by atoms with Crippen molar-refractivity contribution in [2.75, 3.05) is 29.9 Å². The number of anilines is 3. The number of ether oxygens (including phenoxy) is 1. The zero-order valence-electron chi connectivity index (χ0n) is 21.7. The molecular formula is C27H30ClN9O. The molecule has 0 fully saturated rings. The lowest BCUT2D eigenvalue weighted by Crippen LogP contribution is -2.16. The molecule has 38 heavy (non-hydrogen) atoms. The van der Waals surface area contributed by atoms with Gasteiger partial charge in [-0.15, -0.1) is 0 Å². The van der Waals surface area contributed by atoms with E-state index in [2.05, 4.69) is 25.5 Å². The number of nitrogens with one attached hydrogen (secondary N) is 2. The standard InChI is InChI=1S/C27H30ClN9O/c1-5-31-24-20(25(38-6-2)19(14(3)22(24)28)16-7-9-18(29)10-8-16)15(4)37-27-21(26(30)32-13-33-27)23(36-37)17-11-34-35-12-17/h7-13,15,31H,5-6,29H2,1-4H3,(H,34,35)(H2,30,32,33). The summed E-state index contributed by atoms with van der Waals surface area (Å²) in [6, 6.07) is 7.35. The second-order valence-electron chi connectivity index (χ2n) is 8.93. The molecule has 2 aromatic carbocycles. The van der Waals surface area contributed by atoms with Gasteiger partial charge in [0, 0.05) is 35.1 Å². The molecule has 5 rings (SSSR count). The van der Waals surface area contributed by atoms with Gasteiger partial charge >= 0.3 is 0 Å². The molecule has 0 aliphatic rings. The van der Waals surface area contributed by atoms with E-state index in [0.29, 0.717) is 46.4 Å². The number of benzene rings is 2. The van der Waals surface area contributed by atoms with E-state index in [1.165, 1.54) is 6.33 Å². The van der Waals surface area contributed by atoms with E-state index >= 15 is 0 Å². The largest absolute Gasteiger partial charge is 0.493 e. The van der Waals surface area contributed by atoms with Gasteiger partial charge in [-0.3, -0.25) is 5.10 Å². The first kappa shape index (κ1) is 25.3. The van der Waals surface area contributed by atoms with Crippen LogP contribution in [0.1, 0.15) is 37.9 Å². The summed E-state index contributed by atoms with van der Waals surface area (Å²) in [5, 5.41) is 16.6. The zero-order chi connectivity index (χ0) is 27.0. The van der Waals surface area contributed by atoms with Crippen molar-refractivity contribution in [3.63, 3.8) is 0 Å². The Hall–Kier alpha value is -4.31. The van der Waals surface area contributed by atoms with E-state index in [-0.39, 0.29) is 6.04 Å². The molecule has 3 heterocycles. The summed E-state index contributed by atoms with van der Waals surface area (Å²) in [6.45, 7) is 9.17. The highest BCUT2D eigenvalue weighted by Crippen LogP contribution is 2.49. The molecule has 11 heteroatoms. The molecule has 0 spiro atoms. The Labute approximate surface area is 225 Å². The number of fused-ring (bicyclic) bond motifs is 1. The molecular weight excluding hydrogens is 502 g/mol. The fourth-order valence-corrected chi connectivity index (χ4v) is 5.11. The van der Waals surface area contributed by atoms with Crippen molar-refractivity contribution in [1.82, 2.24) is 29.9 Å². The first-order valence-corrected chi connectivity index (χ1v) is 12.8. The molecule has 6 N–H and O–H groups in total. The quantitative estimate of drug-likeness (QED) is 0.193. The number of aromatic amines is 1. The Morgan fingerprint density at radius 1 is 1.13 bits per heavy atom. The van der Waals surface area contributed by atoms with Gasteiger partial charge < -0.3 is 21.5 Å². The van der Waals surface area contributed by atoms with E-state index in [1.54, 1.807) is 12.4 Å². The average molecular weight is 532 g/mol. The van der Waals surface area contributed by atoms with Gasteiger partial charge in [0.25, 0.3) is 0 Å². The maximum absolute atomic E-state index is 7.07. The summed E-state index contributed by atoms with van der Waals surface area (Å²) in [5.74, 6) is 1.06. The molecule has 0 radical (unpaired) electrons. The number of halogens is 1. The second kappa shape index (κ2) is 10.2. The zero-order valence-corrected chi connectivity index (χ0v) is 22.5. The Morgan fingerprint density at radius 3 is 2.55 bits per heavy atom. The summed E-state index contributed by atoms with van der Waals surface area (Å²) in [6.07, 6.45) is 4.90. The van der Waals surface area contributed by atoms with Gasteiger partial charge in [-0.2, -0.15) is 10.2 Å². The number of H-pyrrole nitrogens is 1. The van der Waals surface area contributed by atoms with E-state index in [0.717, 1.165) is 39.3 Å². The molecule has 3 aromatic heterocycles. The lowest BCUT2D eigenvalue weighted by molar-refractivity contribution is 0.334. The molecule has 0 aliphatic carbocycles. The third-order valence-corrected chi connectivity index (χ3v) is 7.05. The molecule has 5 aromatic rings. The summed E-state index contributed by atoms with van der Waals surface area (Å²) >= 11 is 7.07. The Bertz CT molecular complexity index is 1590. The molecule has 0 bridgehead atoms. The van der Waals surface area contributed by atoms with Gasteiger partial charge in [0.1, 0.15) is 23.6 Å². The van der Waals surface area contributed by atoms with Crippen LogP contribution in [0.25, 0.3) is 33.4 Å². The minimum Gasteiger partial charge on any atom is -0.493 e. The van der Waals surface area contributed by atoms with Crippen molar-refractivity contribution in [2.45, 2.75) is 33.7 Å². The lowest BCUT2D eigenvalue weighted by atomic mass is 9.92. The van der Waals surface area contributed by atoms with Crippen molar-refractivity contribution in [1.29, 1.82) is 0 Å². The summed E-state index contributed by atoms with van der Waals surface area (Å²) in [5.41, 5.74) is 19.4. The Balaban J connectivity index is 1.83. The highest BCUT2D eigenvalue weighted by molar-refractivity contribution is 6.35. The topological polar surface area (TPSA) is 146 Å². The molecule has 0 saturated carbocycles. The highest BCUT2D eigenvalue weighted by atomic mass is 35.5. The number of nitrogens with zero attached hydrogens (tertiary/aromatic N) is 5. The summed E-state index contributed by atoms with van der Waals surface area (Å²) in [7, 11) is 0. The monoisotopic (exact) mass is 531 g/mol. The van der Waals surface area contributed by atoms with Crippen LogP contribution in [0, 0.1) is 6.92 Å². The maximum Gasteiger partial charge on any atom is 0.164 e. The Morgan fingerprint density at radius 2 is 1.89 bits per heavy atom. The highest BCUT2D eigenvalue weighted by Gasteiger charge is 2.30. The van der Waals surface area contributed by atoms with E-state index in [4.69, 9.17) is 32.9 Å².